The van der Waals surface area contributed by atoms with E-state index >= 15 is 0 Å². The van der Waals surface area contributed by atoms with Gasteiger partial charge in [0.25, 0.3) is 5.91 Å². The summed E-state index contributed by atoms with van der Waals surface area (Å²) >= 11 is 6.58. The molecule has 0 saturated carbocycles. The highest BCUT2D eigenvalue weighted by atomic mass is 32.1. The predicted molar refractivity (Wildman–Crippen MR) is 109 cm³/mol. The van der Waals surface area contributed by atoms with Crippen molar-refractivity contribution in [3.05, 3.63) is 65.5 Å². The van der Waals surface area contributed by atoms with E-state index in [1.54, 1.807) is 6.07 Å². The van der Waals surface area contributed by atoms with Crippen LogP contribution in [0.1, 0.15) is 5.56 Å². The van der Waals surface area contributed by atoms with Crippen LogP contribution in [-0.4, -0.2) is 22.6 Å². The summed E-state index contributed by atoms with van der Waals surface area (Å²) in [5.41, 5.74) is 2.95. The summed E-state index contributed by atoms with van der Waals surface area (Å²) in [5, 5.41) is 8.25. The molecular formula is C19H17N3O2S2. The van der Waals surface area contributed by atoms with Crippen LogP contribution in [0.4, 0.5) is 5.13 Å². The number of rotatable bonds is 5. The van der Waals surface area contributed by atoms with Gasteiger partial charge in [0.1, 0.15) is 5.75 Å². The van der Waals surface area contributed by atoms with E-state index in [4.69, 9.17) is 17.0 Å². The zero-order chi connectivity index (χ0) is 18.4. The monoisotopic (exact) mass is 383 g/mol. The molecule has 0 aliphatic heterocycles. The van der Waals surface area contributed by atoms with Gasteiger partial charge in [0.05, 0.1) is 5.69 Å². The summed E-state index contributed by atoms with van der Waals surface area (Å²) in [4.78, 5) is 16.4. The zero-order valence-corrected chi connectivity index (χ0v) is 15.7. The molecule has 2 aromatic carbocycles. The Labute approximate surface area is 161 Å². The maximum absolute atomic E-state index is 11.9. The third-order valence-corrected chi connectivity index (χ3v) is 4.37. The van der Waals surface area contributed by atoms with Crippen LogP contribution in [0.2, 0.25) is 0 Å². The molecule has 2 N–H and O–H groups in total. The van der Waals surface area contributed by atoms with Gasteiger partial charge >= 0.3 is 0 Å². The quantitative estimate of drug-likeness (QED) is 0.652. The van der Waals surface area contributed by atoms with Gasteiger partial charge in [-0.1, -0.05) is 42.5 Å². The van der Waals surface area contributed by atoms with Crippen LogP contribution < -0.4 is 15.4 Å². The molecule has 1 heterocycles. The lowest BCUT2D eigenvalue weighted by molar-refractivity contribution is -0.121. The second-order valence-electron chi connectivity index (χ2n) is 5.51. The standard InChI is InChI=1S/C19H17N3O2S2/c1-13-6-5-9-15(10-13)24-11-17(23)21-18(25)22-19-20-16(12-26-19)14-7-3-2-4-8-14/h2-10,12H,11H2,1H3,(H2,20,21,22,23,25). The first-order valence-corrected chi connectivity index (χ1v) is 9.20. The summed E-state index contributed by atoms with van der Waals surface area (Å²) in [6.45, 7) is 1.85. The maximum atomic E-state index is 11.9. The van der Waals surface area contributed by atoms with Gasteiger partial charge in [0, 0.05) is 10.9 Å². The molecule has 0 aliphatic carbocycles. The number of aryl methyl sites for hydroxylation is 1. The molecule has 0 saturated heterocycles. The minimum Gasteiger partial charge on any atom is -0.484 e. The summed E-state index contributed by atoms with van der Waals surface area (Å²) in [7, 11) is 0. The number of aromatic nitrogens is 1. The number of carbonyl (C=O) groups excluding carboxylic acids is 1. The second kappa shape index (κ2) is 8.55. The molecule has 1 amide bonds. The number of thiazole rings is 1. The van der Waals surface area contributed by atoms with Crippen molar-refractivity contribution < 1.29 is 9.53 Å². The largest absolute Gasteiger partial charge is 0.484 e. The average Bonchev–Trinajstić information content (AvgIpc) is 3.09. The van der Waals surface area contributed by atoms with E-state index in [2.05, 4.69) is 15.6 Å². The molecule has 3 aromatic rings. The van der Waals surface area contributed by atoms with Crippen molar-refractivity contribution in [1.29, 1.82) is 0 Å². The van der Waals surface area contributed by atoms with E-state index < -0.39 is 0 Å². The Morgan fingerprint density at radius 2 is 2.00 bits per heavy atom. The van der Waals surface area contributed by atoms with E-state index in [1.165, 1.54) is 11.3 Å². The molecule has 0 bridgehead atoms. The molecule has 0 unspecified atom stereocenters. The van der Waals surface area contributed by atoms with Crippen LogP contribution in [0.5, 0.6) is 5.75 Å². The molecule has 1 aromatic heterocycles. The molecule has 7 heteroatoms. The van der Waals surface area contributed by atoms with Crippen molar-refractivity contribution in [2.75, 3.05) is 11.9 Å². The number of benzene rings is 2. The van der Waals surface area contributed by atoms with E-state index in [0.717, 1.165) is 16.8 Å². The number of nitrogens with zero attached hydrogens (tertiary/aromatic N) is 1. The van der Waals surface area contributed by atoms with Crippen LogP contribution in [0.15, 0.2) is 60.0 Å². The molecule has 26 heavy (non-hydrogen) atoms. The van der Waals surface area contributed by atoms with Gasteiger partial charge in [-0.15, -0.1) is 11.3 Å². The van der Waals surface area contributed by atoms with E-state index in [0.29, 0.717) is 10.9 Å². The third kappa shape index (κ3) is 5.11. The molecule has 0 spiro atoms. The minimum absolute atomic E-state index is 0.113. The van der Waals surface area contributed by atoms with Gasteiger partial charge in [-0.3, -0.25) is 10.1 Å². The number of hydrogen-bond acceptors (Lipinski definition) is 5. The number of nitrogens with one attached hydrogen (secondary N) is 2. The lowest BCUT2D eigenvalue weighted by atomic mass is 10.2. The molecular weight excluding hydrogens is 366 g/mol. The first-order valence-electron chi connectivity index (χ1n) is 7.91. The summed E-state index contributed by atoms with van der Waals surface area (Å²) in [6.07, 6.45) is 0. The predicted octanol–water partition coefficient (Wildman–Crippen LogP) is 4.01. The van der Waals surface area contributed by atoms with Gasteiger partial charge in [0.2, 0.25) is 0 Å². The lowest BCUT2D eigenvalue weighted by Gasteiger charge is -2.09. The maximum Gasteiger partial charge on any atom is 0.264 e. The molecule has 0 radical (unpaired) electrons. The second-order valence-corrected chi connectivity index (χ2v) is 6.78. The zero-order valence-electron chi connectivity index (χ0n) is 14.1. The Hall–Kier alpha value is -2.77. The van der Waals surface area contributed by atoms with Crippen LogP contribution in [0, 0.1) is 6.92 Å². The summed E-state index contributed by atoms with van der Waals surface area (Å²) in [6, 6.07) is 17.4. The first-order chi connectivity index (χ1) is 12.6. The number of hydrogen-bond donors (Lipinski definition) is 2. The van der Waals surface area contributed by atoms with E-state index in [9.17, 15) is 4.79 Å². The van der Waals surface area contributed by atoms with Crippen LogP contribution in [0.25, 0.3) is 11.3 Å². The average molecular weight is 383 g/mol. The fourth-order valence-corrected chi connectivity index (χ4v) is 3.22. The van der Waals surface area contributed by atoms with Crippen LogP contribution in [-0.2, 0) is 4.79 Å². The normalized spacial score (nSPS) is 10.2. The minimum atomic E-state index is -0.330. The Balaban J connectivity index is 1.49. The van der Waals surface area contributed by atoms with E-state index in [-0.39, 0.29) is 17.6 Å². The fraction of sp³-hybridized carbons (Fsp3) is 0.105. The lowest BCUT2D eigenvalue weighted by Crippen LogP contribution is -2.37. The topological polar surface area (TPSA) is 63.2 Å². The fourth-order valence-electron chi connectivity index (χ4n) is 2.22. The highest BCUT2D eigenvalue weighted by Gasteiger charge is 2.09. The number of thiocarbonyl (C=S) groups is 1. The summed E-state index contributed by atoms with van der Waals surface area (Å²) < 4.78 is 5.45. The van der Waals surface area contributed by atoms with Gasteiger partial charge < -0.3 is 10.1 Å². The number of ether oxygens (including phenoxy) is 1. The van der Waals surface area contributed by atoms with Crippen molar-refractivity contribution >= 4 is 39.7 Å². The molecule has 0 atom stereocenters. The van der Waals surface area contributed by atoms with Gasteiger partial charge in [0.15, 0.2) is 16.9 Å². The Morgan fingerprint density at radius 1 is 1.19 bits per heavy atom. The van der Waals surface area contributed by atoms with Crippen LogP contribution in [0.3, 0.4) is 0 Å². The first kappa shape index (κ1) is 18.0. The number of amides is 1. The van der Waals surface area contributed by atoms with Crippen molar-refractivity contribution in [2.24, 2.45) is 0 Å². The van der Waals surface area contributed by atoms with Crippen molar-refractivity contribution in [3.8, 4) is 17.0 Å². The molecule has 3 rings (SSSR count). The molecule has 5 nitrogen and oxygen atoms in total. The summed E-state index contributed by atoms with van der Waals surface area (Å²) in [5.74, 6) is 0.315. The Kier molecular flexibility index (Phi) is 5.93. The van der Waals surface area contributed by atoms with Gasteiger partial charge in [-0.25, -0.2) is 4.98 Å². The van der Waals surface area contributed by atoms with Crippen LogP contribution >= 0.6 is 23.6 Å². The number of carbonyl (C=O) groups is 1. The smallest absolute Gasteiger partial charge is 0.264 e. The molecule has 0 fully saturated rings. The molecule has 0 aliphatic rings. The van der Waals surface area contributed by atoms with Crippen molar-refractivity contribution in [3.63, 3.8) is 0 Å². The highest BCUT2D eigenvalue weighted by Crippen LogP contribution is 2.24. The van der Waals surface area contributed by atoms with Crippen molar-refractivity contribution in [1.82, 2.24) is 10.3 Å². The van der Waals surface area contributed by atoms with Gasteiger partial charge in [-0.05, 0) is 36.8 Å². The van der Waals surface area contributed by atoms with E-state index in [1.807, 2.05) is 60.8 Å². The third-order valence-electron chi connectivity index (χ3n) is 3.41. The Morgan fingerprint density at radius 3 is 2.77 bits per heavy atom. The SMILES string of the molecule is Cc1cccc(OCC(=O)NC(=S)Nc2nc(-c3ccccc3)cs2)c1. The molecule has 132 valence electrons. The van der Waals surface area contributed by atoms with Crippen molar-refractivity contribution in [2.45, 2.75) is 6.92 Å². The Bertz CT molecular complexity index is 910. The van der Waals surface area contributed by atoms with Gasteiger partial charge in [-0.2, -0.15) is 0 Å². The number of anilines is 1. The highest BCUT2D eigenvalue weighted by molar-refractivity contribution is 7.80.